The molecule has 1 aromatic carbocycles. The van der Waals surface area contributed by atoms with E-state index in [-0.39, 0.29) is 4.34 Å². The second-order valence-corrected chi connectivity index (χ2v) is 6.63. The van der Waals surface area contributed by atoms with E-state index in [4.69, 9.17) is 11.5 Å². The molecule has 0 saturated heterocycles. The van der Waals surface area contributed by atoms with Gasteiger partial charge in [-0.25, -0.2) is 13.4 Å². The van der Waals surface area contributed by atoms with Gasteiger partial charge in [-0.2, -0.15) is 0 Å². The highest BCUT2D eigenvalue weighted by Crippen LogP contribution is 2.27. The van der Waals surface area contributed by atoms with Crippen LogP contribution in [-0.4, -0.2) is 25.1 Å². The van der Waals surface area contributed by atoms with Crippen molar-refractivity contribution in [3.8, 4) is 0 Å². The summed E-state index contributed by atoms with van der Waals surface area (Å²) in [5, 5.41) is 0. The summed E-state index contributed by atoms with van der Waals surface area (Å²) in [6.45, 7) is 0. The van der Waals surface area contributed by atoms with Gasteiger partial charge in [0.25, 0.3) is 0 Å². The number of carbonyl (C=O) groups is 1. The van der Waals surface area contributed by atoms with Gasteiger partial charge in [0.1, 0.15) is 5.75 Å². The SMILES string of the molecule is NC(=O)CS(=O)(=O)c1nc2ccc(N)cc2s1. The summed E-state index contributed by atoms with van der Waals surface area (Å²) in [6.07, 6.45) is 0. The number of rotatable bonds is 3. The molecule has 1 amide bonds. The van der Waals surface area contributed by atoms with Crippen LogP contribution in [0.2, 0.25) is 0 Å². The smallest absolute Gasteiger partial charge is 0.233 e. The molecule has 8 heteroatoms. The number of hydrogen-bond acceptors (Lipinski definition) is 6. The van der Waals surface area contributed by atoms with E-state index in [2.05, 4.69) is 4.98 Å². The van der Waals surface area contributed by atoms with Gasteiger partial charge in [0.05, 0.1) is 10.2 Å². The minimum Gasteiger partial charge on any atom is -0.399 e. The molecule has 17 heavy (non-hydrogen) atoms. The fourth-order valence-electron chi connectivity index (χ4n) is 1.30. The Bertz CT molecular complexity index is 691. The lowest BCUT2D eigenvalue weighted by atomic mass is 10.3. The lowest BCUT2D eigenvalue weighted by Crippen LogP contribution is -2.23. The summed E-state index contributed by atoms with van der Waals surface area (Å²) in [7, 11) is -3.74. The van der Waals surface area contributed by atoms with Crippen molar-refractivity contribution in [1.29, 1.82) is 0 Å². The minimum atomic E-state index is -3.74. The van der Waals surface area contributed by atoms with Crippen LogP contribution in [0.25, 0.3) is 10.2 Å². The predicted molar refractivity (Wildman–Crippen MR) is 65.3 cm³/mol. The van der Waals surface area contributed by atoms with Crippen LogP contribution in [0, 0.1) is 0 Å². The van der Waals surface area contributed by atoms with Crippen LogP contribution in [0.1, 0.15) is 0 Å². The molecule has 1 heterocycles. The topological polar surface area (TPSA) is 116 Å². The summed E-state index contributed by atoms with van der Waals surface area (Å²) < 4.78 is 24.0. The highest BCUT2D eigenvalue weighted by Gasteiger charge is 2.22. The molecule has 90 valence electrons. The number of anilines is 1. The molecule has 0 saturated carbocycles. The van der Waals surface area contributed by atoms with Crippen LogP contribution >= 0.6 is 11.3 Å². The van der Waals surface area contributed by atoms with Crippen LogP contribution in [0.5, 0.6) is 0 Å². The highest BCUT2D eigenvalue weighted by molar-refractivity contribution is 7.94. The van der Waals surface area contributed by atoms with Crippen molar-refractivity contribution < 1.29 is 13.2 Å². The molecule has 0 unspecified atom stereocenters. The van der Waals surface area contributed by atoms with Gasteiger partial charge in [-0.15, -0.1) is 11.3 Å². The lowest BCUT2D eigenvalue weighted by Gasteiger charge is -1.94. The number of benzene rings is 1. The zero-order valence-corrected chi connectivity index (χ0v) is 10.2. The van der Waals surface area contributed by atoms with Crippen LogP contribution in [0.3, 0.4) is 0 Å². The van der Waals surface area contributed by atoms with E-state index >= 15 is 0 Å². The van der Waals surface area contributed by atoms with Crippen molar-refractivity contribution in [2.24, 2.45) is 5.73 Å². The van der Waals surface area contributed by atoms with E-state index < -0.39 is 21.5 Å². The number of hydrogen-bond donors (Lipinski definition) is 2. The van der Waals surface area contributed by atoms with Crippen molar-refractivity contribution in [3.05, 3.63) is 18.2 Å². The molecular weight excluding hydrogens is 262 g/mol. The van der Waals surface area contributed by atoms with Gasteiger partial charge < -0.3 is 11.5 Å². The predicted octanol–water partition coefficient (Wildman–Crippen LogP) is 0.138. The van der Waals surface area contributed by atoms with E-state index in [0.717, 1.165) is 11.3 Å². The Balaban J connectivity index is 2.53. The van der Waals surface area contributed by atoms with E-state index in [1.54, 1.807) is 18.2 Å². The van der Waals surface area contributed by atoms with E-state index in [9.17, 15) is 13.2 Å². The number of nitrogens with zero attached hydrogens (tertiary/aromatic N) is 1. The third kappa shape index (κ3) is 2.37. The summed E-state index contributed by atoms with van der Waals surface area (Å²) in [4.78, 5) is 14.6. The average molecular weight is 271 g/mol. The normalized spacial score (nSPS) is 11.8. The largest absolute Gasteiger partial charge is 0.399 e. The fraction of sp³-hybridized carbons (Fsp3) is 0.111. The molecule has 0 aliphatic carbocycles. The van der Waals surface area contributed by atoms with Crippen molar-refractivity contribution >= 4 is 43.0 Å². The maximum Gasteiger partial charge on any atom is 0.233 e. The summed E-state index contributed by atoms with van der Waals surface area (Å²) in [6, 6.07) is 4.90. The van der Waals surface area contributed by atoms with E-state index in [0.29, 0.717) is 15.9 Å². The van der Waals surface area contributed by atoms with Gasteiger partial charge in [0.2, 0.25) is 20.1 Å². The number of nitrogen functional groups attached to an aromatic ring is 1. The second-order valence-electron chi connectivity index (χ2n) is 3.43. The molecule has 0 atom stereocenters. The highest BCUT2D eigenvalue weighted by atomic mass is 32.2. The molecule has 0 radical (unpaired) electrons. The van der Waals surface area contributed by atoms with E-state index in [1.807, 2.05) is 0 Å². The number of nitrogens with two attached hydrogens (primary N) is 2. The van der Waals surface area contributed by atoms with Crippen molar-refractivity contribution in [1.82, 2.24) is 4.98 Å². The standard InChI is InChI=1S/C9H9N3O3S2/c10-5-1-2-6-7(3-5)16-9(12-6)17(14,15)4-8(11)13/h1-3H,4,10H2,(H2,11,13). The Kier molecular flexibility index (Phi) is 2.76. The van der Waals surface area contributed by atoms with Crippen LogP contribution < -0.4 is 11.5 Å². The van der Waals surface area contributed by atoms with E-state index in [1.165, 1.54) is 0 Å². The number of fused-ring (bicyclic) bond motifs is 1. The first kappa shape index (κ1) is 11.8. The molecule has 0 spiro atoms. The third-order valence-electron chi connectivity index (χ3n) is 1.99. The number of amides is 1. The number of aromatic nitrogens is 1. The van der Waals surface area contributed by atoms with Gasteiger partial charge in [-0.3, -0.25) is 4.79 Å². The Morgan fingerprint density at radius 3 is 2.76 bits per heavy atom. The first-order chi connectivity index (χ1) is 7.88. The van der Waals surface area contributed by atoms with Crippen molar-refractivity contribution in [2.75, 3.05) is 11.5 Å². The molecule has 1 aromatic heterocycles. The molecule has 2 rings (SSSR count). The van der Waals surface area contributed by atoms with Gasteiger partial charge >= 0.3 is 0 Å². The van der Waals surface area contributed by atoms with Gasteiger partial charge in [0, 0.05) is 5.69 Å². The maximum atomic E-state index is 11.7. The van der Waals surface area contributed by atoms with Gasteiger partial charge in [-0.1, -0.05) is 0 Å². The first-order valence-electron chi connectivity index (χ1n) is 4.55. The number of carbonyl (C=O) groups excluding carboxylic acids is 1. The van der Waals surface area contributed by atoms with Crippen molar-refractivity contribution in [3.63, 3.8) is 0 Å². The molecular formula is C9H9N3O3S2. The van der Waals surface area contributed by atoms with Crippen LogP contribution in [0.4, 0.5) is 5.69 Å². The molecule has 0 fully saturated rings. The van der Waals surface area contributed by atoms with Gasteiger partial charge in [0.15, 0.2) is 0 Å². The van der Waals surface area contributed by atoms with Crippen molar-refractivity contribution in [2.45, 2.75) is 4.34 Å². The zero-order valence-electron chi connectivity index (χ0n) is 8.58. The van der Waals surface area contributed by atoms with Crippen LogP contribution in [0.15, 0.2) is 22.5 Å². The first-order valence-corrected chi connectivity index (χ1v) is 7.02. The monoisotopic (exact) mass is 271 g/mol. The Hall–Kier alpha value is -1.67. The number of thiazole rings is 1. The summed E-state index contributed by atoms with van der Waals surface area (Å²) >= 11 is 0.974. The number of primary amides is 1. The molecule has 0 aliphatic heterocycles. The van der Waals surface area contributed by atoms with Gasteiger partial charge in [-0.05, 0) is 18.2 Å². The zero-order chi connectivity index (χ0) is 12.6. The number of sulfone groups is 1. The molecule has 6 nitrogen and oxygen atoms in total. The third-order valence-corrected chi connectivity index (χ3v) is 5.10. The van der Waals surface area contributed by atoms with Crippen LogP contribution in [-0.2, 0) is 14.6 Å². The Morgan fingerprint density at radius 2 is 2.12 bits per heavy atom. The average Bonchev–Trinajstić information content (AvgIpc) is 2.58. The fourth-order valence-corrected chi connectivity index (χ4v) is 3.74. The Morgan fingerprint density at radius 1 is 1.41 bits per heavy atom. The minimum absolute atomic E-state index is 0.114. The maximum absolute atomic E-state index is 11.7. The quantitative estimate of drug-likeness (QED) is 0.770. The summed E-state index contributed by atoms with van der Waals surface area (Å²) in [5.74, 6) is -1.63. The molecule has 2 aromatic rings. The molecule has 0 aliphatic rings. The second kappa shape index (κ2) is 3.97. The molecule has 4 N–H and O–H groups in total. The Labute approximate surface area is 101 Å². The molecule has 0 bridgehead atoms. The lowest BCUT2D eigenvalue weighted by molar-refractivity contribution is -0.115. The summed E-state index contributed by atoms with van der Waals surface area (Å²) in [5.41, 5.74) is 11.5.